The summed E-state index contributed by atoms with van der Waals surface area (Å²) in [6, 6.07) is 13.8. The fourth-order valence-corrected chi connectivity index (χ4v) is 5.87. The minimum Gasteiger partial charge on any atom is -0.495 e. The summed E-state index contributed by atoms with van der Waals surface area (Å²) in [5.74, 6) is 0.862. The van der Waals surface area contributed by atoms with Crippen molar-refractivity contribution in [1.82, 2.24) is 5.32 Å². The number of methoxy groups -OCH3 is 1. The van der Waals surface area contributed by atoms with Crippen molar-refractivity contribution in [1.29, 1.82) is 0 Å². The molecule has 1 saturated carbocycles. The van der Waals surface area contributed by atoms with Crippen molar-refractivity contribution in [3.63, 3.8) is 0 Å². The monoisotopic (exact) mass is 520 g/mol. The van der Waals surface area contributed by atoms with Crippen LogP contribution in [0.2, 0.25) is 0 Å². The number of carbonyl (C=O) groups excluding carboxylic acids is 2. The van der Waals surface area contributed by atoms with E-state index in [9.17, 15) is 9.59 Å². The highest BCUT2D eigenvalue weighted by atomic mass is 16.5. The van der Waals surface area contributed by atoms with Crippen LogP contribution in [0.5, 0.6) is 5.75 Å². The summed E-state index contributed by atoms with van der Waals surface area (Å²) in [4.78, 5) is 30.9. The first-order valence-corrected chi connectivity index (χ1v) is 14.1. The van der Waals surface area contributed by atoms with Gasteiger partial charge in [0.15, 0.2) is 0 Å². The number of benzene rings is 2. The quantitative estimate of drug-likeness (QED) is 0.535. The zero-order valence-corrected chi connectivity index (χ0v) is 22.4. The van der Waals surface area contributed by atoms with Gasteiger partial charge in [-0.3, -0.25) is 9.59 Å². The molecular weight excluding hydrogens is 480 g/mol. The third-order valence-electron chi connectivity index (χ3n) is 8.05. The van der Waals surface area contributed by atoms with E-state index in [1.807, 2.05) is 36.4 Å². The molecule has 1 atom stereocenters. The Bertz CT molecular complexity index is 1100. The standard InChI is InChI=1S/C30H40N4O4/c1-37-28-12-6-5-11-27(28)34-17-15-33(16-18-34)26-14-13-23(32-29(35)22-8-3-2-4-9-22)20-25(26)30(36)31-21-24-10-7-19-38-24/h5-6,11-14,20,22,24H,2-4,7-10,15-19,21H2,1H3,(H,31,36)(H,32,35). The van der Waals surface area contributed by atoms with Gasteiger partial charge in [-0.05, 0) is 56.0 Å². The number of nitrogens with one attached hydrogen (secondary N) is 2. The molecule has 0 bridgehead atoms. The molecule has 2 heterocycles. The summed E-state index contributed by atoms with van der Waals surface area (Å²) in [5, 5.41) is 6.17. The maximum Gasteiger partial charge on any atom is 0.253 e. The van der Waals surface area contributed by atoms with Crippen LogP contribution in [0.1, 0.15) is 55.3 Å². The highest BCUT2D eigenvalue weighted by molar-refractivity contribution is 6.02. The average Bonchev–Trinajstić information content (AvgIpc) is 3.50. The Morgan fingerprint density at radius 1 is 0.921 bits per heavy atom. The second kappa shape index (κ2) is 12.5. The fourth-order valence-electron chi connectivity index (χ4n) is 5.87. The van der Waals surface area contributed by atoms with Gasteiger partial charge in [0.25, 0.3) is 5.91 Å². The minimum atomic E-state index is -0.128. The molecule has 1 aliphatic carbocycles. The van der Waals surface area contributed by atoms with Gasteiger partial charge < -0.3 is 29.9 Å². The molecule has 2 saturated heterocycles. The first-order valence-electron chi connectivity index (χ1n) is 14.1. The third kappa shape index (κ3) is 6.23. The molecular formula is C30H40N4O4. The molecule has 1 unspecified atom stereocenters. The van der Waals surface area contributed by atoms with E-state index in [4.69, 9.17) is 9.47 Å². The highest BCUT2D eigenvalue weighted by Crippen LogP contribution is 2.31. The van der Waals surface area contributed by atoms with Crippen LogP contribution in [0, 0.1) is 5.92 Å². The Labute approximate surface area is 225 Å². The summed E-state index contributed by atoms with van der Waals surface area (Å²) in [6.45, 7) is 4.44. The Balaban J connectivity index is 1.31. The van der Waals surface area contributed by atoms with E-state index in [1.54, 1.807) is 7.11 Å². The van der Waals surface area contributed by atoms with Crippen molar-refractivity contribution in [2.45, 2.75) is 51.0 Å². The number of hydrogen-bond acceptors (Lipinski definition) is 6. The van der Waals surface area contributed by atoms with E-state index >= 15 is 0 Å². The van der Waals surface area contributed by atoms with Crippen LogP contribution in [0.4, 0.5) is 17.1 Å². The molecule has 204 valence electrons. The van der Waals surface area contributed by atoms with Crippen molar-refractivity contribution in [2.75, 3.05) is 61.6 Å². The Hall–Kier alpha value is -3.26. The molecule has 5 rings (SSSR count). The summed E-state index contributed by atoms with van der Waals surface area (Å²) in [6.07, 6.45) is 7.37. The predicted molar refractivity (Wildman–Crippen MR) is 150 cm³/mol. The summed E-state index contributed by atoms with van der Waals surface area (Å²) in [5.41, 5.74) is 3.25. The number of anilines is 3. The average molecular weight is 521 g/mol. The van der Waals surface area contributed by atoms with Crippen LogP contribution in [-0.4, -0.2) is 64.4 Å². The van der Waals surface area contributed by atoms with E-state index < -0.39 is 0 Å². The van der Waals surface area contributed by atoms with Crippen molar-refractivity contribution in [3.8, 4) is 5.75 Å². The molecule has 0 aromatic heterocycles. The lowest BCUT2D eigenvalue weighted by Gasteiger charge is -2.38. The van der Waals surface area contributed by atoms with Crippen molar-refractivity contribution >= 4 is 28.9 Å². The fraction of sp³-hybridized carbons (Fsp3) is 0.533. The number of carbonyl (C=O) groups is 2. The van der Waals surface area contributed by atoms with E-state index in [0.717, 1.165) is 88.4 Å². The van der Waals surface area contributed by atoms with Gasteiger partial charge in [0, 0.05) is 56.6 Å². The molecule has 8 nitrogen and oxygen atoms in total. The molecule has 2 aromatic carbocycles. The van der Waals surface area contributed by atoms with Crippen molar-refractivity contribution in [2.24, 2.45) is 5.92 Å². The number of ether oxygens (including phenoxy) is 2. The molecule has 2 aromatic rings. The molecule has 3 aliphatic rings. The molecule has 0 radical (unpaired) electrons. The maximum atomic E-state index is 13.4. The zero-order chi connectivity index (χ0) is 26.3. The first-order chi connectivity index (χ1) is 18.6. The predicted octanol–water partition coefficient (Wildman–Crippen LogP) is 4.45. The second-order valence-corrected chi connectivity index (χ2v) is 10.5. The number of para-hydroxylation sites is 2. The number of hydrogen-bond donors (Lipinski definition) is 2. The van der Waals surface area contributed by atoms with Gasteiger partial charge in [-0.1, -0.05) is 31.4 Å². The number of nitrogens with zero attached hydrogens (tertiary/aromatic N) is 2. The summed E-state index contributed by atoms with van der Waals surface area (Å²) < 4.78 is 11.3. The van der Waals surface area contributed by atoms with E-state index in [0.29, 0.717) is 17.8 Å². The SMILES string of the molecule is COc1ccccc1N1CCN(c2ccc(NC(=O)C3CCCCC3)cc2C(=O)NCC2CCCO2)CC1. The van der Waals surface area contributed by atoms with Crippen LogP contribution in [0.25, 0.3) is 0 Å². The molecule has 2 amide bonds. The van der Waals surface area contributed by atoms with E-state index in [2.05, 4.69) is 26.5 Å². The van der Waals surface area contributed by atoms with Crippen LogP contribution >= 0.6 is 0 Å². The molecule has 2 N–H and O–H groups in total. The second-order valence-electron chi connectivity index (χ2n) is 10.5. The summed E-state index contributed by atoms with van der Waals surface area (Å²) >= 11 is 0. The number of piperazine rings is 1. The van der Waals surface area contributed by atoms with Crippen LogP contribution in [-0.2, 0) is 9.53 Å². The van der Waals surface area contributed by atoms with Crippen LogP contribution in [0.15, 0.2) is 42.5 Å². The van der Waals surface area contributed by atoms with Gasteiger partial charge in [0.2, 0.25) is 5.91 Å². The first kappa shape index (κ1) is 26.4. The van der Waals surface area contributed by atoms with Gasteiger partial charge in [-0.25, -0.2) is 0 Å². The van der Waals surface area contributed by atoms with Gasteiger partial charge >= 0.3 is 0 Å². The molecule has 2 aliphatic heterocycles. The maximum absolute atomic E-state index is 13.4. The smallest absolute Gasteiger partial charge is 0.253 e. The van der Waals surface area contributed by atoms with Crippen LogP contribution in [0.3, 0.4) is 0 Å². The van der Waals surface area contributed by atoms with Crippen molar-refractivity contribution in [3.05, 3.63) is 48.0 Å². The summed E-state index contributed by atoms with van der Waals surface area (Å²) in [7, 11) is 1.70. The molecule has 3 fully saturated rings. The van der Waals surface area contributed by atoms with E-state index in [1.165, 1.54) is 6.42 Å². The Morgan fingerprint density at radius 3 is 2.37 bits per heavy atom. The largest absolute Gasteiger partial charge is 0.495 e. The molecule has 38 heavy (non-hydrogen) atoms. The number of amides is 2. The third-order valence-corrected chi connectivity index (χ3v) is 8.05. The van der Waals surface area contributed by atoms with E-state index in [-0.39, 0.29) is 23.8 Å². The van der Waals surface area contributed by atoms with Gasteiger partial charge in [0.1, 0.15) is 5.75 Å². The molecule has 8 heteroatoms. The Kier molecular flexibility index (Phi) is 8.68. The van der Waals surface area contributed by atoms with Crippen LogP contribution < -0.4 is 25.2 Å². The lowest BCUT2D eigenvalue weighted by molar-refractivity contribution is -0.120. The van der Waals surface area contributed by atoms with Gasteiger partial charge in [0.05, 0.1) is 24.5 Å². The van der Waals surface area contributed by atoms with Gasteiger partial charge in [-0.15, -0.1) is 0 Å². The lowest BCUT2D eigenvalue weighted by atomic mass is 9.88. The highest BCUT2D eigenvalue weighted by Gasteiger charge is 2.26. The van der Waals surface area contributed by atoms with Gasteiger partial charge in [-0.2, -0.15) is 0 Å². The zero-order valence-electron chi connectivity index (χ0n) is 22.4. The molecule has 0 spiro atoms. The topological polar surface area (TPSA) is 83.1 Å². The normalized spacial score (nSPS) is 20.3. The lowest BCUT2D eigenvalue weighted by Crippen LogP contribution is -2.47. The van der Waals surface area contributed by atoms with Crippen molar-refractivity contribution < 1.29 is 19.1 Å². The number of rotatable bonds is 8. The minimum absolute atomic E-state index is 0.0586. The Morgan fingerprint density at radius 2 is 1.66 bits per heavy atom.